The SMILES string of the molecule is CC1CCCC(OC(=O)c2ccc(CN)cc2)C1. The normalized spacial score (nSPS) is 23.7. The molecule has 2 unspecified atom stereocenters. The summed E-state index contributed by atoms with van der Waals surface area (Å²) < 4.78 is 5.55. The summed E-state index contributed by atoms with van der Waals surface area (Å²) in [4.78, 5) is 12.0. The molecule has 1 aromatic rings. The highest BCUT2D eigenvalue weighted by Crippen LogP contribution is 2.26. The molecule has 0 saturated heterocycles. The van der Waals surface area contributed by atoms with Crippen LogP contribution in [0.3, 0.4) is 0 Å². The number of nitrogens with two attached hydrogens (primary N) is 1. The molecule has 1 aromatic carbocycles. The van der Waals surface area contributed by atoms with Gasteiger partial charge in [0.15, 0.2) is 0 Å². The second kappa shape index (κ2) is 6.01. The Hall–Kier alpha value is -1.35. The molecule has 1 saturated carbocycles. The van der Waals surface area contributed by atoms with Gasteiger partial charge in [-0.1, -0.05) is 25.5 Å². The highest BCUT2D eigenvalue weighted by Gasteiger charge is 2.22. The lowest BCUT2D eigenvalue weighted by atomic mass is 9.89. The smallest absolute Gasteiger partial charge is 0.338 e. The van der Waals surface area contributed by atoms with Gasteiger partial charge in [0, 0.05) is 6.54 Å². The van der Waals surface area contributed by atoms with Crippen molar-refractivity contribution in [1.82, 2.24) is 0 Å². The predicted molar refractivity (Wildman–Crippen MR) is 71.2 cm³/mol. The van der Waals surface area contributed by atoms with E-state index in [1.54, 1.807) is 12.1 Å². The van der Waals surface area contributed by atoms with Crippen LogP contribution in [0.5, 0.6) is 0 Å². The number of carbonyl (C=O) groups is 1. The van der Waals surface area contributed by atoms with Crippen LogP contribution >= 0.6 is 0 Å². The fourth-order valence-electron chi connectivity index (χ4n) is 2.48. The van der Waals surface area contributed by atoms with Gasteiger partial charge in [0.1, 0.15) is 6.10 Å². The molecular weight excluding hydrogens is 226 g/mol. The average Bonchev–Trinajstić information content (AvgIpc) is 2.39. The number of rotatable bonds is 3. The van der Waals surface area contributed by atoms with Crippen LogP contribution in [0.15, 0.2) is 24.3 Å². The largest absolute Gasteiger partial charge is 0.459 e. The number of hydrogen-bond acceptors (Lipinski definition) is 3. The van der Waals surface area contributed by atoms with Gasteiger partial charge in [-0.2, -0.15) is 0 Å². The van der Waals surface area contributed by atoms with Crippen LogP contribution in [-0.2, 0) is 11.3 Å². The monoisotopic (exact) mass is 247 g/mol. The van der Waals surface area contributed by atoms with Crippen LogP contribution in [0.2, 0.25) is 0 Å². The topological polar surface area (TPSA) is 52.3 Å². The molecule has 0 radical (unpaired) electrons. The number of carbonyl (C=O) groups excluding carboxylic acids is 1. The Balaban J connectivity index is 1.94. The van der Waals surface area contributed by atoms with E-state index in [4.69, 9.17) is 10.5 Å². The van der Waals surface area contributed by atoms with Crippen molar-refractivity contribution in [3.8, 4) is 0 Å². The fourth-order valence-corrected chi connectivity index (χ4v) is 2.48. The first-order valence-corrected chi connectivity index (χ1v) is 6.69. The molecule has 0 spiro atoms. The number of hydrogen-bond donors (Lipinski definition) is 1. The van der Waals surface area contributed by atoms with Crippen molar-refractivity contribution in [3.05, 3.63) is 35.4 Å². The van der Waals surface area contributed by atoms with E-state index in [-0.39, 0.29) is 12.1 Å². The standard InChI is InChI=1S/C15H21NO2/c1-11-3-2-4-14(9-11)18-15(17)13-7-5-12(10-16)6-8-13/h5-8,11,14H,2-4,9-10,16H2,1H3. The first-order chi connectivity index (χ1) is 8.69. The maximum Gasteiger partial charge on any atom is 0.338 e. The van der Waals surface area contributed by atoms with Crippen molar-refractivity contribution in [2.75, 3.05) is 0 Å². The molecule has 18 heavy (non-hydrogen) atoms. The van der Waals surface area contributed by atoms with E-state index in [2.05, 4.69) is 6.92 Å². The first-order valence-electron chi connectivity index (χ1n) is 6.69. The van der Waals surface area contributed by atoms with Crippen LogP contribution in [0.25, 0.3) is 0 Å². The number of ether oxygens (including phenoxy) is 1. The second-order valence-electron chi connectivity index (χ2n) is 5.20. The Morgan fingerprint density at radius 3 is 2.67 bits per heavy atom. The highest BCUT2D eigenvalue weighted by molar-refractivity contribution is 5.89. The van der Waals surface area contributed by atoms with Gasteiger partial charge >= 0.3 is 5.97 Å². The molecule has 0 heterocycles. The minimum Gasteiger partial charge on any atom is -0.459 e. The van der Waals surface area contributed by atoms with E-state index in [1.807, 2.05) is 12.1 Å². The minimum atomic E-state index is -0.210. The van der Waals surface area contributed by atoms with Crippen LogP contribution in [0, 0.1) is 5.92 Å². The minimum absolute atomic E-state index is 0.0930. The molecule has 2 atom stereocenters. The summed E-state index contributed by atoms with van der Waals surface area (Å²) in [7, 11) is 0. The molecule has 98 valence electrons. The molecule has 3 nitrogen and oxygen atoms in total. The Bertz CT molecular complexity index is 399. The lowest BCUT2D eigenvalue weighted by Crippen LogP contribution is -2.24. The van der Waals surface area contributed by atoms with Gasteiger partial charge in [0.2, 0.25) is 0 Å². The average molecular weight is 247 g/mol. The van der Waals surface area contributed by atoms with E-state index in [1.165, 1.54) is 6.42 Å². The van der Waals surface area contributed by atoms with E-state index < -0.39 is 0 Å². The summed E-state index contributed by atoms with van der Waals surface area (Å²) in [5.74, 6) is 0.453. The molecule has 0 aromatic heterocycles. The van der Waals surface area contributed by atoms with E-state index >= 15 is 0 Å². The third kappa shape index (κ3) is 3.33. The third-order valence-corrected chi connectivity index (χ3v) is 3.59. The Morgan fingerprint density at radius 2 is 2.06 bits per heavy atom. The second-order valence-corrected chi connectivity index (χ2v) is 5.20. The lowest BCUT2D eigenvalue weighted by molar-refractivity contribution is 0.0155. The molecule has 1 aliphatic carbocycles. The Labute approximate surface area is 108 Å². The van der Waals surface area contributed by atoms with Crippen LogP contribution < -0.4 is 5.73 Å². The van der Waals surface area contributed by atoms with Crippen LogP contribution in [0.4, 0.5) is 0 Å². The molecular formula is C15H21NO2. The maximum atomic E-state index is 12.0. The molecule has 0 bridgehead atoms. The summed E-state index contributed by atoms with van der Waals surface area (Å²) >= 11 is 0. The quantitative estimate of drug-likeness (QED) is 0.836. The van der Waals surface area contributed by atoms with Gasteiger partial charge in [-0.25, -0.2) is 4.79 Å². The zero-order valence-electron chi connectivity index (χ0n) is 10.9. The van der Waals surface area contributed by atoms with E-state index in [0.29, 0.717) is 18.0 Å². The Morgan fingerprint density at radius 1 is 1.33 bits per heavy atom. The molecule has 2 rings (SSSR count). The van der Waals surface area contributed by atoms with Gasteiger partial charge in [-0.15, -0.1) is 0 Å². The van der Waals surface area contributed by atoms with Crippen molar-refractivity contribution >= 4 is 5.97 Å². The summed E-state index contributed by atoms with van der Waals surface area (Å²) in [5.41, 5.74) is 7.17. The van der Waals surface area contributed by atoms with E-state index in [0.717, 1.165) is 24.8 Å². The molecule has 0 amide bonds. The van der Waals surface area contributed by atoms with Gasteiger partial charge in [0.25, 0.3) is 0 Å². The van der Waals surface area contributed by atoms with Crippen LogP contribution in [-0.4, -0.2) is 12.1 Å². The third-order valence-electron chi connectivity index (χ3n) is 3.59. The van der Waals surface area contributed by atoms with Crippen molar-refractivity contribution in [2.45, 2.75) is 45.3 Å². The zero-order valence-corrected chi connectivity index (χ0v) is 10.9. The lowest BCUT2D eigenvalue weighted by Gasteiger charge is -2.26. The highest BCUT2D eigenvalue weighted by atomic mass is 16.5. The van der Waals surface area contributed by atoms with Crippen LogP contribution in [0.1, 0.15) is 48.5 Å². The molecule has 0 aliphatic heterocycles. The van der Waals surface area contributed by atoms with Gasteiger partial charge < -0.3 is 10.5 Å². The summed E-state index contributed by atoms with van der Waals surface area (Å²) in [6.45, 7) is 2.71. The number of esters is 1. The molecule has 3 heteroatoms. The molecule has 2 N–H and O–H groups in total. The fraction of sp³-hybridized carbons (Fsp3) is 0.533. The van der Waals surface area contributed by atoms with Gasteiger partial charge in [-0.3, -0.25) is 0 Å². The Kier molecular flexibility index (Phi) is 4.37. The first kappa shape index (κ1) is 13.1. The van der Waals surface area contributed by atoms with Crippen molar-refractivity contribution < 1.29 is 9.53 Å². The predicted octanol–water partition coefficient (Wildman–Crippen LogP) is 2.88. The number of benzene rings is 1. The zero-order chi connectivity index (χ0) is 13.0. The summed E-state index contributed by atoms with van der Waals surface area (Å²) in [6, 6.07) is 7.33. The molecule has 1 aliphatic rings. The van der Waals surface area contributed by atoms with Crippen molar-refractivity contribution in [3.63, 3.8) is 0 Å². The molecule has 1 fully saturated rings. The summed E-state index contributed by atoms with van der Waals surface area (Å²) in [6.07, 6.45) is 4.49. The summed E-state index contributed by atoms with van der Waals surface area (Å²) in [5, 5.41) is 0. The van der Waals surface area contributed by atoms with Gasteiger partial charge in [-0.05, 0) is 42.9 Å². The van der Waals surface area contributed by atoms with Crippen molar-refractivity contribution in [2.24, 2.45) is 11.7 Å². The van der Waals surface area contributed by atoms with Gasteiger partial charge in [0.05, 0.1) is 5.56 Å². The maximum absolute atomic E-state index is 12.0. The van der Waals surface area contributed by atoms with E-state index in [9.17, 15) is 4.79 Å². The van der Waals surface area contributed by atoms with Crippen molar-refractivity contribution in [1.29, 1.82) is 0 Å².